The second-order valence-electron chi connectivity index (χ2n) is 5.40. The summed E-state index contributed by atoms with van der Waals surface area (Å²) in [4.78, 5) is 2.70. The summed E-state index contributed by atoms with van der Waals surface area (Å²) in [6, 6.07) is 1.31. The standard InChI is InChI=1S/C12H24N2/c1-9-4-3-5-12(9)14-7-6-11(13)10(2)8-14/h9-12H,3-8,13H2,1-2H3. The van der Waals surface area contributed by atoms with Gasteiger partial charge in [0.15, 0.2) is 0 Å². The first-order valence-electron chi connectivity index (χ1n) is 6.18. The van der Waals surface area contributed by atoms with Gasteiger partial charge >= 0.3 is 0 Å². The summed E-state index contributed by atoms with van der Waals surface area (Å²) >= 11 is 0. The van der Waals surface area contributed by atoms with Crippen LogP contribution in [-0.2, 0) is 0 Å². The smallest absolute Gasteiger partial charge is 0.0121 e. The Morgan fingerprint density at radius 1 is 1.07 bits per heavy atom. The van der Waals surface area contributed by atoms with Crippen LogP contribution in [0.5, 0.6) is 0 Å². The maximum atomic E-state index is 6.05. The number of piperidine rings is 1. The highest BCUT2D eigenvalue weighted by molar-refractivity contribution is 4.88. The van der Waals surface area contributed by atoms with E-state index in [2.05, 4.69) is 18.7 Å². The van der Waals surface area contributed by atoms with E-state index in [9.17, 15) is 0 Å². The van der Waals surface area contributed by atoms with E-state index in [1.54, 1.807) is 0 Å². The van der Waals surface area contributed by atoms with Gasteiger partial charge in [-0.15, -0.1) is 0 Å². The van der Waals surface area contributed by atoms with Gasteiger partial charge < -0.3 is 5.73 Å². The first kappa shape index (κ1) is 10.4. The summed E-state index contributed by atoms with van der Waals surface area (Å²) in [7, 11) is 0. The fraction of sp³-hybridized carbons (Fsp3) is 1.00. The third kappa shape index (κ3) is 1.96. The van der Waals surface area contributed by atoms with Gasteiger partial charge in [-0.2, -0.15) is 0 Å². The quantitative estimate of drug-likeness (QED) is 0.693. The van der Waals surface area contributed by atoms with Crippen LogP contribution in [0.25, 0.3) is 0 Å². The minimum Gasteiger partial charge on any atom is -0.327 e. The second-order valence-corrected chi connectivity index (χ2v) is 5.40. The topological polar surface area (TPSA) is 29.3 Å². The van der Waals surface area contributed by atoms with Crippen LogP contribution in [0.4, 0.5) is 0 Å². The predicted molar refractivity (Wildman–Crippen MR) is 60.1 cm³/mol. The SMILES string of the molecule is CC1CN(C2CCCC2C)CCC1N. The van der Waals surface area contributed by atoms with E-state index in [1.807, 2.05) is 0 Å². The normalized spacial score (nSPS) is 45.6. The Kier molecular flexibility index (Phi) is 3.13. The molecule has 0 aromatic carbocycles. The Labute approximate surface area is 87.8 Å². The molecule has 0 amide bonds. The molecule has 0 bridgehead atoms. The van der Waals surface area contributed by atoms with Crippen LogP contribution in [0, 0.1) is 11.8 Å². The van der Waals surface area contributed by atoms with Gasteiger partial charge in [0, 0.05) is 18.6 Å². The van der Waals surface area contributed by atoms with Crippen molar-refractivity contribution in [2.45, 2.75) is 51.6 Å². The molecule has 2 fully saturated rings. The van der Waals surface area contributed by atoms with E-state index in [0.717, 1.165) is 12.0 Å². The van der Waals surface area contributed by atoms with E-state index in [-0.39, 0.29) is 0 Å². The third-order valence-electron chi connectivity index (χ3n) is 4.29. The van der Waals surface area contributed by atoms with Gasteiger partial charge in [-0.05, 0) is 37.6 Å². The number of hydrogen-bond acceptors (Lipinski definition) is 2. The number of likely N-dealkylation sites (tertiary alicyclic amines) is 1. The van der Waals surface area contributed by atoms with Gasteiger partial charge in [0.2, 0.25) is 0 Å². The van der Waals surface area contributed by atoms with Gasteiger partial charge in [-0.3, -0.25) is 4.90 Å². The lowest BCUT2D eigenvalue weighted by atomic mass is 9.92. The average molecular weight is 196 g/mol. The van der Waals surface area contributed by atoms with Crippen molar-refractivity contribution in [2.75, 3.05) is 13.1 Å². The molecular formula is C12H24N2. The summed E-state index contributed by atoms with van der Waals surface area (Å²) in [5.74, 6) is 1.60. The van der Waals surface area contributed by atoms with Crippen LogP contribution in [0.2, 0.25) is 0 Å². The van der Waals surface area contributed by atoms with Crippen molar-refractivity contribution in [1.29, 1.82) is 0 Å². The van der Waals surface area contributed by atoms with Crippen molar-refractivity contribution in [3.05, 3.63) is 0 Å². The van der Waals surface area contributed by atoms with Crippen LogP contribution >= 0.6 is 0 Å². The molecule has 1 heterocycles. The molecule has 0 radical (unpaired) electrons. The minimum absolute atomic E-state index is 0.447. The zero-order valence-corrected chi connectivity index (χ0v) is 9.58. The van der Waals surface area contributed by atoms with E-state index < -0.39 is 0 Å². The summed E-state index contributed by atoms with van der Waals surface area (Å²) in [5, 5.41) is 0. The Morgan fingerprint density at radius 2 is 1.86 bits per heavy atom. The first-order chi connectivity index (χ1) is 6.68. The summed E-state index contributed by atoms with van der Waals surface area (Å²) in [6.45, 7) is 7.18. The van der Waals surface area contributed by atoms with Gasteiger partial charge in [-0.1, -0.05) is 20.3 Å². The molecule has 1 saturated heterocycles. The molecule has 2 nitrogen and oxygen atoms in total. The summed E-state index contributed by atoms with van der Waals surface area (Å²) in [5.41, 5.74) is 6.05. The fourth-order valence-electron chi connectivity index (χ4n) is 3.17. The molecule has 2 N–H and O–H groups in total. The van der Waals surface area contributed by atoms with Crippen LogP contribution < -0.4 is 5.73 Å². The molecule has 0 aromatic rings. The summed E-state index contributed by atoms with van der Waals surface area (Å²) < 4.78 is 0. The molecule has 4 atom stereocenters. The Morgan fingerprint density at radius 3 is 2.43 bits per heavy atom. The molecule has 14 heavy (non-hydrogen) atoms. The average Bonchev–Trinajstić information content (AvgIpc) is 2.57. The van der Waals surface area contributed by atoms with Crippen molar-refractivity contribution in [3.63, 3.8) is 0 Å². The zero-order chi connectivity index (χ0) is 10.1. The molecule has 2 heteroatoms. The van der Waals surface area contributed by atoms with Gasteiger partial charge in [-0.25, -0.2) is 0 Å². The third-order valence-corrected chi connectivity index (χ3v) is 4.29. The van der Waals surface area contributed by atoms with Crippen molar-refractivity contribution in [3.8, 4) is 0 Å². The lowest BCUT2D eigenvalue weighted by Gasteiger charge is -2.40. The maximum absolute atomic E-state index is 6.05. The molecule has 0 spiro atoms. The van der Waals surface area contributed by atoms with Crippen LogP contribution in [-0.4, -0.2) is 30.1 Å². The van der Waals surface area contributed by atoms with Crippen molar-refractivity contribution in [2.24, 2.45) is 17.6 Å². The number of hydrogen-bond donors (Lipinski definition) is 1. The molecule has 1 saturated carbocycles. The highest BCUT2D eigenvalue weighted by atomic mass is 15.2. The number of nitrogens with zero attached hydrogens (tertiary/aromatic N) is 1. The largest absolute Gasteiger partial charge is 0.327 e. The molecule has 4 unspecified atom stereocenters. The van der Waals surface area contributed by atoms with E-state index >= 15 is 0 Å². The fourth-order valence-corrected chi connectivity index (χ4v) is 3.17. The van der Waals surface area contributed by atoms with E-state index in [4.69, 9.17) is 5.73 Å². The van der Waals surface area contributed by atoms with Crippen LogP contribution in [0.3, 0.4) is 0 Å². The molecule has 82 valence electrons. The van der Waals surface area contributed by atoms with Gasteiger partial charge in [0.1, 0.15) is 0 Å². The van der Waals surface area contributed by atoms with Crippen molar-refractivity contribution < 1.29 is 0 Å². The predicted octanol–water partition coefficient (Wildman–Crippen LogP) is 1.84. The lowest BCUT2D eigenvalue weighted by Crippen LogP contribution is -2.50. The zero-order valence-electron chi connectivity index (χ0n) is 9.58. The number of rotatable bonds is 1. The Balaban J connectivity index is 1.92. The molecule has 2 aliphatic rings. The Bertz CT molecular complexity index is 193. The van der Waals surface area contributed by atoms with Crippen LogP contribution in [0.1, 0.15) is 39.5 Å². The van der Waals surface area contributed by atoms with Crippen LogP contribution in [0.15, 0.2) is 0 Å². The monoisotopic (exact) mass is 196 g/mol. The molecule has 2 rings (SSSR count). The van der Waals surface area contributed by atoms with E-state index in [0.29, 0.717) is 12.0 Å². The molecular weight excluding hydrogens is 172 g/mol. The van der Waals surface area contributed by atoms with Gasteiger partial charge in [0.05, 0.1) is 0 Å². The maximum Gasteiger partial charge on any atom is 0.0121 e. The highest BCUT2D eigenvalue weighted by Gasteiger charge is 2.33. The molecule has 1 aliphatic heterocycles. The van der Waals surface area contributed by atoms with Crippen molar-refractivity contribution >= 4 is 0 Å². The van der Waals surface area contributed by atoms with E-state index in [1.165, 1.54) is 38.8 Å². The van der Waals surface area contributed by atoms with Gasteiger partial charge in [0.25, 0.3) is 0 Å². The lowest BCUT2D eigenvalue weighted by molar-refractivity contribution is 0.0981. The molecule has 0 aromatic heterocycles. The summed E-state index contributed by atoms with van der Waals surface area (Å²) in [6.07, 6.45) is 5.48. The molecule has 1 aliphatic carbocycles. The minimum atomic E-state index is 0.447. The number of nitrogens with two attached hydrogens (primary N) is 1. The Hall–Kier alpha value is -0.0800. The highest BCUT2D eigenvalue weighted by Crippen LogP contribution is 2.31. The van der Waals surface area contributed by atoms with Crippen molar-refractivity contribution in [1.82, 2.24) is 4.90 Å². The second kappa shape index (κ2) is 4.19. The first-order valence-corrected chi connectivity index (χ1v) is 6.18.